The van der Waals surface area contributed by atoms with Crippen molar-refractivity contribution >= 4 is 23.2 Å². The van der Waals surface area contributed by atoms with Crippen LogP contribution in [0.2, 0.25) is 10.0 Å². The van der Waals surface area contributed by atoms with Crippen LogP contribution in [0.5, 0.6) is 5.75 Å². The van der Waals surface area contributed by atoms with E-state index in [9.17, 15) is 5.11 Å². The maximum absolute atomic E-state index is 9.61. The highest BCUT2D eigenvalue weighted by Gasteiger charge is 2.27. The summed E-state index contributed by atoms with van der Waals surface area (Å²) in [4.78, 5) is 0. The Hall–Kier alpha value is -0.440. The summed E-state index contributed by atoms with van der Waals surface area (Å²) in [6, 6.07) is 5.08. The van der Waals surface area contributed by atoms with E-state index in [2.05, 4.69) is 0 Å². The summed E-state index contributed by atoms with van der Waals surface area (Å²) in [6.07, 6.45) is 2.11. The number of hydrogen-bond donors (Lipinski definition) is 1. The fourth-order valence-corrected chi connectivity index (χ4v) is 2.10. The van der Waals surface area contributed by atoms with Gasteiger partial charge in [0, 0.05) is 11.1 Å². The van der Waals surface area contributed by atoms with Crippen LogP contribution in [-0.4, -0.2) is 17.3 Å². The number of ether oxygens (including phenoxy) is 1. The minimum absolute atomic E-state index is 0.152. The van der Waals surface area contributed by atoms with Crippen molar-refractivity contribution in [3.8, 4) is 5.75 Å². The van der Waals surface area contributed by atoms with Crippen molar-refractivity contribution in [1.82, 2.24) is 0 Å². The maximum Gasteiger partial charge on any atom is 0.139 e. The lowest BCUT2D eigenvalue weighted by Gasteiger charge is -2.18. The molecule has 4 heteroatoms. The van der Waals surface area contributed by atoms with Gasteiger partial charge in [-0.05, 0) is 31.4 Å². The van der Waals surface area contributed by atoms with Crippen molar-refractivity contribution in [1.29, 1.82) is 0 Å². The monoisotopic (exact) mass is 246 g/mol. The smallest absolute Gasteiger partial charge is 0.139 e. The van der Waals surface area contributed by atoms with Crippen molar-refractivity contribution in [2.45, 2.75) is 31.5 Å². The number of benzene rings is 1. The quantitative estimate of drug-likeness (QED) is 0.868. The van der Waals surface area contributed by atoms with E-state index < -0.39 is 0 Å². The Bertz CT molecular complexity index is 354. The van der Waals surface area contributed by atoms with E-state index in [0.29, 0.717) is 15.8 Å². The molecule has 0 aromatic heterocycles. The Balaban J connectivity index is 2.12. The molecule has 2 atom stereocenters. The van der Waals surface area contributed by atoms with E-state index in [0.717, 1.165) is 19.3 Å². The summed E-state index contributed by atoms with van der Waals surface area (Å²) < 4.78 is 5.63. The maximum atomic E-state index is 9.61. The minimum Gasteiger partial charge on any atom is -0.486 e. The van der Waals surface area contributed by atoms with Gasteiger partial charge in [-0.1, -0.05) is 23.2 Å². The summed E-state index contributed by atoms with van der Waals surface area (Å²) >= 11 is 11.8. The molecule has 0 bridgehead atoms. The SMILES string of the molecule is O[C@@H]1CCC[C@H]1Oc1cc(Cl)ccc1Cl. The van der Waals surface area contributed by atoms with E-state index in [1.165, 1.54) is 0 Å². The van der Waals surface area contributed by atoms with Crippen LogP contribution in [-0.2, 0) is 0 Å². The number of aliphatic hydroxyl groups excluding tert-OH is 1. The van der Waals surface area contributed by atoms with Crippen molar-refractivity contribution in [3.63, 3.8) is 0 Å². The van der Waals surface area contributed by atoms with Gasteiger partial charge in [0.25, 0.3) is 0 Å². The molecule has 1 fully saturated rings. The molecule has 1 saturated carbocycles. The molecular formula is C11H12Cl2O2. The average Bonchev–Trinajstić information content (AvgIpc) is 2.58. The molecule has 2 nitrogen and oxygen atoms in total. The summed E-state index contributed by atoms with van der Waals surface area (Å²) in [5.74, 6) is 0.551. The zero-order chi connectivity index (χ0) is 10.8. The van der Waals surface area contributed by atoms with E-state index >= 15 is 0 Å². The van der Waals surface area contributed by atoms with Crippen LogP contribution in [0.15, 0.2) is 18.2 Å². The number of hydrogen-bond acceptors (Lipinski definition) is 2. The number of aliphatic hydroxyl groups is 1. The Kier molecular flexibility index (Phi) is 3.39. The molecule has 1 aromatic carbocycles. The van der Waals surface area contributed by atoms with Gasteiger partial charge >= 0.3 is 0 Å². The Morgan fingerprint density at radius 3 is 2.73 bits per heavy atom. The molecule has 1 aliphatic carbocycles. The molecule has 1 aromatic rings. The van der Waals surface area contributed by atoms with Gasteiger partial charge in [0.15, 0.2) is 0 Å². The highest BCUT2D eigenvalue weighted by Crippen LogP contribution is 2.31. The van der Waals surface area contributed by atoms with Crippen LogP contribution in [0.4, 0.5) is 0 Å². The topological polar surface area (TPSA) is 29.5 Å². The van der Waals surface area contributed by atoms with Crippen LogP contribution < -0.4 is 4.74 Å². The molecular weight excluding hydrogens is 235 g/mol. The van der Waals surface area contributed by atoms with Gasteiger partial charge in [-0.3, -0.25) is 0 Å². The predicted octanol–water partition coefficient (Wildman–Crippen LogP) is 3.29. The Morgan fingerprint density at radius 1 is 1.27 bits per heavy atom. The second kappa shape index (κ2) is 4.60. The molecule has 82 valence electrons. The first kappa shape index (κ1) is 11.1. The number of rotatable bonds is 2. The van der Waals surface area contributed by atoms with Gasteiger partial charge in [0.1, 0.15) is 11.9 Å². The second-order valence-electron chi connectivity index (χ2n) is 3.73. The van der Waals surface area contributed by atoms with Crippen molar-refractivity contribution in [2.24, 2.45) is 0 Å². The molecule has 1 N–H and O–H groups in total. The third-order valence-electron chi connectivity index (χ3n) is 2.59. The number of halogens is 2. The third kappa shape index (κ3) is 2.57. The summed E-state index contributed by atoms with van der Waals surface area (Å²) in [6.45, 7) is 0. The van der Waals surface area contributed by atoms with Crippen LogP contribution in [0.3, 0.4) is 0 Å². The lowest BCUT2D eigenvalue weighted by Crippen LogP contribution is -2.25. The van der Waals surface area contributed by atoms with Gasteiger partial charge in [-0.25, -0.2) is 0 Å². The highest BCUT2D eigenvalue weighted by molar-refractivity contribution is 6.34. The molecule has 0 heterocycles. The fraction of sp³-hybridized carbons (Fsp3) is 0.455. The molecule has 15 heavy (non-hydrogen) atoms. The summed E-state index contributed by atoms with van der Waals surface area (Å²) in [5, 5.41) is 10.7. The first-order valence-corrected chi connectivity index (χ1v) is 5.72. The van der Waals surface area contributed by atoms with Crippen LogP contribution >= 0.6 is 23.2 Å². The van der Waals surface area contributed by atoms with Crippen LogP contribution in [0, 0.1) is 0 Å². The standard InChI is InChI=1S/C11H12Cl2O2/c12-7-4-5-8(13)11(6-7)15-10-3-1-2-9(10)14/h4-6,9-10,14H,1-3H2/t9-,10-/m1/s1. The lowest BCUT2D eigenvalue weighted by molar-refractivity contribution is 0.0605. The molecule has 0 unspecified atom stereocenters. The molecule has 0 spiro atoms. The summed E-state index contributed by atoms with van der Waals surface area (Å²) in [5.41, 5.74) is 0. The Labute approximate surface area is 98.8 Å². The van der Waals surface area contributed by atoms with E-state index in [1.54, 1.807) is 18.2 Å². The van der Waals surface area contributed by atoms with Gasteiger partial charge in [-0.2, -0.15) is 0 Å². The molecule has 0 aliphatic heterocycles. The molecule has 0 radical (unpaired) electrons. The predicted molar refractivity (Wildman–Crippen MR) is 60.7 cm³/mol. The first-order chi connectivity index (χ1) is 7.16. The van der Waals surface area contributed by atoms with E-state index in [1.807, 2.05) is 0 Å². The third-order valence-corrected chi connectivity index (χ3v) is 3.14. The molecule has 0 amide bonds. The molecule has 2 rings (SSSR count). The van der Waals surface area contributed by atoms with E-state index in [-0.39, 0.29) is 12.2 Å². The van der Waals surface area contributed by atoms with Crippen LogP contribution in [0.1, 0.15) is 19.3 Å². The lowest BCUT2D eigenvalue weighted by atomic mass is 10.2. The second-order valence-corrected chi connectivity index (χ2v) is 4.57. The first-order valence-electron chi connectivity index (χ1n) is 4.96. The van der Waals surface area contributed by atoms with Crippen molar-refractivity contribution in [2.75, 3.05) is 0 Å². The molecule has 1 aliphatic rings. The van der Waals surface area contributed by atoms with Crippen molar-refractivity contribution in [3.05, 3.63) is 28.2 Å². The van der Waals surface area contributed by atoms with Crippen LogP contribution in [0.25, 0.3) is 0 Å². The molecule has 0 saturated heterocycles. The zero-order valence-corrected chi connectivity index (χ0v) is 9.63. The fourth-order valence-electron chi connectivity index (χ4n) is 1.77. The van der Waals surface area contributed by atoms with Crippen molar-refractivity contribution < 1.29 is 9.84 Å². The Morgan fingerprint density at radius 2 is 2.07 bits per heavy atom. The largest absolute Gasteiger partial charge is 0.486 e. The zero-order valence-electron chi connectivity index (χ0n) is 8.12. The van der Waals surface area contributed by atoms with Gasteiger partial charge in [-0.15, -0.1) is 0 Å². The normalized spacial score (nSPS) is 25.5. The average molecular weight is 247 g/mol. The highest BCUT2D eigenvalue weighted by atomic mass is 35.5. The van der Waals surface area contributed by atoms with Gasteiger partial charge in [0.05, 0.1) is 11.1 Å². The van der Waals surface area contributed by atoms with Gasteiger partial charge < -0.3 is 9.84 Å². The minimum atomic E-state index is -0.389. The van der Waals surface area contributed by atoms with Gasteiger partial charge in [0.2, 0.25) is 0 Å². The summed E-state index contributed by atoms with van der Waals surface area (Å²) in [7, 11) is 0. The van der Waals surface area contributed by atoms with E-state index in [4.69, 9.17) is 27.9 Å².